The van der Waals surface area contributed by atoms with Gasteiger partial charge in [-0.25, -0.2) is 4.79 Å². The molecule has 2 amide bonds. The van der Waals surface area contributed by atoms with Crippen LogP contribution in [0.2, 0.25) is 0 Å². The number of hydrogen-bond acceptors (Lipinski definition) is 3. The van der Waals surface area contributed by atoms with Crippen molar-refractivity contribution in [3.63, 3.8) is 0 Å². The molecule has 1 N–H and O–H groups in total. The minimum atomic E-state index is -0.179. The van der Waals surface area contributed by atoms with Gasteiger partial charge in [-0.2, -0.15) is 0 Å². The standard InChI is InChI=1S/C19H21N3O2/c1-12-5-8-18-16(9-12)17(21-24-18)11-20-19(23)22(4)15-7-6-13(2)14(3)10-15/h5-10H,11H2,1-4H3,(H,20,23). The third-order valence-electron chi connectivity index (χ3n) is 4.29. The maximum Gasteiger partial charge on any atom is 0.321 e. The summed E-state index contributed by atoms with van der Waals surface area (Å²) in [5, 5.41) is 7.89. The molecule has 0 bridgehead atoms. The second kappa shape index (κ2) is 6.35. The number of amides is 2. The number of nitrogens with zero attached hydrogens (tertiary/aromatic N) is 2. The number of anilines is 1. The van der Waals surface area contributed by atoms with E-state index in [1.165, 1.54) is 5.56 Å². The lowest BCUT2D eigenvalue weighted by Crippen LogP contribution is -2.37. The summed E-state index contributed by atoms with van der Waals surface area (Å²) in [7, 11) is 1.75. The number of rotatable bonds is 3. The van der Waals surface area contributed by atoms with Gasteiger partial charge >= 0.3 is 6.03 Å². The highest BCUT2D eigenvalue weighted by molar-refractivity contribution is 5.91. The topological polar surface area (TPSA) is 58.4 Å². The van der Waals surface area contributed by atoms with Gasteiger partial charge in [0.1, 0.15) is 5.69 Å². The Balaban J connectivity index is 1.72. The maximum atomic E-state index is 12.4. The van der Waals surface area contributed by atoms with E-state index in [-0.39, 0.29) is 6.03 Å². The monoisotopic (exact) mass is 323 g/mol. The van der Waals surface area contributed by atoms with Crippen LogP contribution >= 0.6 is 0 Å². The van der Waals surface area contributed by atoms with E-state index >= 15 is 0 Å². The maximum absolute atomic E-state index is 12.4. The summed E-state index contributed by atoms with van der Waals surface area (Å²) in [5.41, 5.74) is 5.81. The van der Waals surface area contributed by atoms with Crippen molar-refractivity contribution < 1.29 is 9.32 Å². The van der Waals surface area contributed by atoms with Crippen LogP contribution < -0.4 is 10.2 Å². The van der Waals surface area contributed by atoms with E-state index in [0.29, 0.717) is 6.54 Å². The van der Waals surface area contributed by atoms with Crippen molar-refractivity contribution in [1.82, 2.24) is 10.5 Å². The molecule has 24 heavy (non-hydrogen) atoms. The zero-order valence-electron chi connectivity index (χ0n) is 14.4. The van der Waals surface area contributed by atoms with Gasteiger partial charge in [0, 0.05) is 18.1 Å². The average Bonchev–Trinajstić information content (AvgIpc) is 2.96. The van der Waals surface area contributed by atoms with Gasteiger partial charge in [-0.1, -0.05) is 22.9 Å². The first-order valence-electron chi connectivity index (χ1n) is 7.89. The molecule has 0 aliphatic carbocycles. The van der Waals surface area contributed by atoms with Crippen LogP contribution in [-0.4, -0.2) is 18.2 Å². The Morgan fingerprint density at radius 2 is 1.92 bits per heavy atom. The summed E-state index contributed by atoms with van der Waals surface area (Å²) >= 11 is 0. The predicted molar refractivity (Wildman–Crippen MR) is 95.3 cm³/mol. The zero-order valence-corrected chi connectivity index (χ0v) is 14.4. The third-order valence-corrected chi connectivity index (χ3v) is 4.29. The highest BCUT2D eigenvalue weighted by Gasteiger charge is 2.14. The molecule has 0 spiro atoms. The number of carbonyl (C=O) groups excluding carboxylic acids is 1. The molecule has 0 fully saturated rings. The van der Waals surface area contributed by atoms with Gasteiger partial charge in [-0.3, -0.25) is 4.90 Å². The van der Waals surface area contributed by atoms with Crippen molar-refractivity contribution >= 4 is 22.7 Å². The van der Waals surface area contributed by atoms with E-state index in [0.717, 1.165) is 33.5 Å². The Hall–Kier alpha value is -2.82. The van der Waals surface area contributed by atoms with Gasteiger partial charge in [-0.05, 0) is 56.2 Å². The molecule has 1 heterocycles. The van der Waals surface area contributed by atoms with Crippen molar-refractivity contribution in [2.45, 2.75) is 27.3 Å². The highest BCUT2D eigenvalue weighted by Crippen LogP contribution is 2.20. The molecule has 0 saturated heterocycles. The first-order valence-corrected chi connectivity index (χ1v) is 7.89. The number of urea groups is 1. The molecule has 5 heteroatoms. The Labute approximate surface area is 141 Å². The fourth-order valence-electron chi connectivity index (χ4n) is 2.56. The van der Waals surface area contributed by atoms with Crippen LogP contribution in [0.1, 0.15) is 22.4 Å². The Morgan fingerprint density at radius 3 is 2.67 bits per heavy atom. The van der Waals surface area contributed by atoms with E-state index in [9.17, 15) is 4.79 Å². The normalized spacial score (nSPS) is 10.8. The highest BCUT2D eigenvalue weighted by atomic mass is 16.5. The molecule has 0 saturated carbocycles. The fourth-order valence-corrected chi connectivity index (χ4v) is 2.56. The van der Waals surface area contributed by atoms with E-state index in [1.54, 1.807) is 11.9 Å². The van der Waals surface area contributed by atoms with E-state index < -0.39 is 0 Å². The van der Waals surface area contributed by atoms with Crippen molar-refractivity contribution in [3.05, 3.63) is 58.8 Å². The first kappa shape index (κ1) is 16.1. The van der Waals surface area contributed by atoms with E-state index in [4.69, 9.17) is 4.52 Å². The van der Waals surface area contributed by atoms with Crippen LogP contribution in [0.5, 0.6) is 0 Å². The predicted octanol–water partition coefficient (Wildman–Crippen LogP) is 4.10. The second-order valence-electron chi connectivity index (χ2n) is 6.12. The number of nitrogens with one attached hydrogen (secondary N) is 1. The number of aryl methyl sites for hydroxylation is 3. The summed E-state index contributed by atoms with van der Waals surface area (Å²) in [4.78, 5) is 14.0. The van der Waals surface area contributed by atoms with Gasteiger partial charge in [0.25, 0.3) is 0 Å². The molecule has 1 aromatic heterocycles. The number of hydrogen-bond donors (Lipinski definition) is 1. The number of aromatic nitrogens is 1. The lowest BCUT2D eigenvalue weighted by Gasteiger charge is -2.18. The molecule has 5 nitrogen and oxygen atoms in total. The second-order valence-corrected chi connectivity index (χ2v) is 6.12. The van der Waals surface area contributed by atoms with Crippen molar-refractivity contribution in [2.24, 2.45) is 0 Å². The van der Waals surface area contributed by atoms with Crippen LogP contribution in [0.3, 0.4) is 0 Å². The molecular weight excluding hydrogens is 302 g/mol. The fraction of sp³-hybridized carbons (Fsp3) is 0.263. The summed E-state index contributed by atoms with van der Waals surface area (Å²) in [5.74, 6) is 0. The molecule has 0 aliphatic heterocycles. The Bertz CT molecular complexity index is 899. The number of benzene rings is 2. The van der Waals surface area contributed by atoms with Crippen molar-refractivity contribution in [1.29, 1.82) is 0 Å². The summed E-state index contributed by atoms with van der Waals surface area (Å²) in [6, 6.07) is 11.7. The number of carbonyl (C=O) groups is 1. The molecule has 124 valence electrons. The summed E-state index contributed by atoms with van der Waals surface area (Å²) in [6.45, 7) is 6.43. The van der Waals surface area contributed by atoms with Crippen LogP contribution in [0.4, 0.5) is 10.5 Å². The molecule has 0 aliphatic rings. The summed E-state index contributed by atoms with van der Waals surface area (Å²) < 4.78 is 5.30. The summed E-state index contributed by atoms with van der Waals surface area (Å²) in [6.07, 6.45) is 0. The molecule has 2 aromatic carbocycles. The molecule has 3 aromatic rings. The first-order chi connectivity index (χ1) is 11.5. The van der Waals surface area contributed by atoms with Gasteiger partial charge in [-0.15, -0.1) is 0 Å². The SMILES string of the molecule is Cc1ccc2onc(CNC(=O)N(C)c3ccc(C)c(C)c3)c2c1. The average molecular weight is 323 g/mol. The largest absolute Gasteiger partial charge is 0.356 e. The van der Waals surface area contributed by atoms with Gasteiger partial charge in [0.05, 0.1) is 6.54 Å². The van der Waals surface area contributed by atoms with Crippen LogP contribution in [0, 0.1) is 20.8 Å². The lowest BCUT2D eigenvalue weighted by molar-refractivity contribution is 0.247. The lowest BCUT2D eigenvalue weighted by atomic mass is 10.1. The quantitative estimate of drug-likeness (QED) is 0.789. The van der Waals surface area contributed by atoms with Gasteiger partial charge < -0.3 is 9.84 Å². The Morgan fingerprint density at radius 1 is 1.12 bits per heavy atom. The van der Waals surface area contributed by atoms with Gasteiger partial charge in [0.15, 0.2) is 5.58 Å². The van der Waals surface area contributed by atoms with Crippen molar-refractivity contribution in [2.75, 3.05) is 11.9 Å². The molecule has 0 atom stereocenters. The van der Waals surface area contributed by atoms with Crippen molar-refractivity contribution in [3.8, 4) is 0 Å². The molecule has 0 unspecified atom stereocenters. The van der Waals surface area contributed by atoms with E-state index in [1.807, 2.05) is 50.2 Å². The molecular formula is C19H21N3O2. The van der Waals surface area contributed by atoms with Gasteiger partial charge in [0.2, 0.25) is 0 Å². The Kier molecular flexibility index (Phi) is 4.25. The van der Waals surface area contributed by atoms with Crippen LogP contribution in [0.15, 0.2) is 40.9 Å². The molecule has 3 rings (SSSR count). The minimum Gasteiger partial charge on any atom is -0.356 e. The minimum absolute atomic E-state index is 0.179. The zero-order chi connectivity index (χ0) is 17.3. The van der Waals surface area contributed by atoms with E-state index in [2.05, 4.69) is 17.4 Å². The smallest absolute Gasteiger partial charge is 0.321 e. The molecule has 0 radical (unpaired) electrons. The number of fused-ring (bicyclic) bond motifs is 1. The van der Waals surface area contributed by atoms with Crippen LogP contribution in [-0.2, 0) is 6.54 Å². The third kappa shape index (κ3) is 3.11. The van der Waals surface area contributed by atoms with Crippen LogP contribution in [0.25, 0.3) is 11.0 Å².